The van der Waals surface area contributed by atoms with Crippen LogP contribution in [0.15, 0.2) is 41.3 Å². The van der Waals surface area contributed by atoms with E-state index in [1.807, 2.05) is 48.6 Å². The molecule has 4 heterocycles. The van der Waals surface area contributed by atoms with Crippen molar-refractivity contribution in [3.05, 3.63) is 69.8 Å². The molecule has 120 valence electrons. The lowest BCUT2D eigenvalue weighted by atomic mass is 10.2. The number of pyridine rings is 2. The molecule has 0 amide bonds. The molecule has 6 heteroatoms. The van der Waals surface area contributed by atoms with Crippen LogP contribution in [0.5, 0.6) is 0 Å². The first kappa shape index (κ1) is 14.6. The summed E-state index contributed by atoms with van der Waals surface area (Å²) in [5.74, 6) is 0.848. The van der Waals surface area contributed by atoms with E-state index in [0.717, 1.165) is 35.0 Å². The summed E-state index contributed by atoms with van der Waals surface area (Å²) < 4.78 is 1.88. The minimum absolute atomic E-state index is 0.133. The highest BCUT2D eigenvalue weighted by Crippen LogP contribution is 2.17. The van der Waals surface area contributed by atoms with Gasteiger partial charge >= 0.3 is 0 Å². The molecule has 0 aliphatic rings. The fourth-order valence-electron chi connectivity index (χ4n) is 3.04. The molecule has 0 aliphatic heterocycles. The molecular weight excluding hydrogens is 302 g/mol. The lowest BCUT2D eigenvalue weighted by molar-refractivity contribution is 0.926. The summed E-state index contributed by atoms with van der Waals surface area (Å²) in [6, 6.07) is 9.67. The van der Waals surface area contributed by atoms with Crippen molar-refractivity contribution < 1.29 is 0 Å². The van der Waals surface area contributed by atoms with Crippen molar-refractivity contribution in [2.45, 2.75) is 26.7 Å². The van der Waals surface area contributed by atoms with E-state index in [-0.39, 0.29) is 5.56 Å². The normalized spacial score (nSPS) is 11.4. The van der Waals surface area contributed by atoms with Crippen molar-refractivity contribution in [2.75, 3.05) is 0 Å². The van der Waals surface area contributed by atoms with Gasteiger partial charge in [-0.05, 0) is 31.2 Å². The number of imidazole rings is 1. The van der Waals surface area contributed by atoms with Gasteiger partial charge in [-0.1, -0.05) is 13.0 Å². The van der Waals surface area contributed by atoms with Gasteiger partial charge in [0.1, 0.15) is 11.3 Å². The Kier molecular flexibility index (Phi) is 3.37. The van der Waals surface area contributed by atoms with Crippen molar-refractivity contribution >= 4 is 16.7 Å². The molecule has 0 saturated carbocycles. The van der Waals surface area contributed by atoms with E-state index in [1.54, 1.807) is 6.20 Å². The molecule has 0 bridgehead atoms. The van der Waals surface area contributed by atoms with Crippen LogP contribution in [0.4, 0.5) is 0 Å². The zero-order valence-corrected chi connectivity index (χ0v) is 13.6. The lowest BCUT2D eigenvalue weighted by Crippen LogP contribution is -2.13. The largest absolute Gasteiger partial charge is 0.317 e. The lowest BCUT2D eigenvalue weighted by Gasteiger charge is -2.07. The number of aromatic amines is 1. The Balaban J connectivity index is 1.96. The van der Waals surface area contributed by atoms with Crippen LogP contribution in [0.25, 0.3) is 16.7 Å². The van der Waals surface area contributed by atoms with E-state index in [1.165, 1.54) is 0 Å². The number of nitrogens with one attached hydrogen (secondary N) is 1. The van der Waals surface area contributed by atoms with Gasteiger partial charge in [0.05, 0.1) is 11.2 Å². The first-order chi connectivity index (χ1) is 11.7. The molecule has 4 aromatic rings. The van der Waals surface area contributed by atoms with Crippen LogP contribution < -0.4 is 5.56 Å². The van der Waals surface area contributed by atoms with E-state index in [9.17, 15) is 4.79 Å². The average molecular weight is 319 g/mol. The standard InChI is InChI=1S/C18H17N5O/c1-3-15-20-11(2)16-18(24)22-14-8-7-13(21-17(14)23(15)16)10-12-6-4-5-9-19-12/h4-9H,3,10H2,1-2H3,(H,22,24). The van der Waals surface area contributed by atoms with Crippen molar-refractivity contribution in [3.8, 4) is 0 Å². The molecule has 24 heavy (non-hydrogen) atoms. The van der Waals surface area contributed by atoms with Gasteiger partial charge in [-0.15, -0.1) is 0 Å². The quantitative estimate of drug-likeness (QED) is 0.629. The number of fused-ring (bicyclic) bond motifs is 3. The fourth-order valence-corrected chi connectivity index (χ4v) is 3.04. The fraction of sp³-hybridized carbons (Fsp3) is 0.222. The molecule has 0 unspecified atom stereocenters. The first-order valence-corrected chi connectivity index (χ1v) is 7.97. The van der Waals surface area contributed by atoms with Gasteiger partial charge in [0.15, 0.2) is 5.65 Å². The van der Waals surface area contributed by atoms with Crippen molar-refractivity contribution in [2.24, 2.45) is 0 Å². The van der Waals surface area contributed by atoms with E-state index in [2.05, 4.69) is 15.0 Å². The minimum Gasteiger partial charge on any atom is -0.317 e. The van der Waals surface area contributed by atoms with Crippen LogP contribution in [0.2, 0.25) is 0 Å². The molecule has 6 nitrogen and oxygen atoms in total. The van der Waals surface area contributed by atoms with Crippen LogP contribution in [0.3, 0.4) is 0 Å². The Morgan fingerprint density at radius 2 is 2.00 bits per heavy atom. The predicted molar refractivity (Wildman–Crippen MR) is 92.3 cm³/mol. The second-order valence-corrected chi connectivity index (χ2v) is 5.78. The van der Waals surface area contributed by atoms with E-state index in [0.29, 0.717) is 17.5 Å². The molecule has 4 rings (SSSR count). The zero-order chi connectivity index (χ0) is 16.7. The smallest absolute Gasteiger partial charge is 0.274 e. The Morgan fingerprint density at radius 1 is 1.12 bits per heavy atom. The van der Waals surface area contributed by atoms with Crippen LogP contribution in [-0.4, -0.2) is 24.3 Å². The molecule has 0 spiro atoms. The minimum atomic E-state index is -0.133. The molecule has 0 aliphatic carbocycles. The predicted octanol–water partition coefficient (Wildman–Crippen LogP) is 2.43. The Morgan fingerprint density at radius 3 is 2.75 bits per heavy atom. The topological polar surface area (TPSA) is 75.9 Å². The second kappa shape index (κ2) is 5.56. The number of hydrogen-bond donors (Lipinski definition) is 1. The highest BCUT2D eigenvalue weighted by Gasteiger charge is 2.15. The molecule has 0 atom stereocenters. The van der Waals surface area contributed by atoms with Crippen LogP contribution in [0, 0.1) is 6.92 Å². The molecule has 0 radical (unpaired) electrons. The zero-order valence-electron chi connectivity index (χ0n) is 13.6. The molecule has 4 aromatic heterocycles. The monoisotopic (exact) mass is 319 g/mol. The average Bonchev–Trinajstić information content (AvgIpc) is 2.94. The van der Waals surface area contributed by atoms with Gasteiger partial charge in [0.25, 0.3) is 5.56 Å². The van der Waals surface area contributed by atoms with Gasteiger partial charge in [-0.2, -0.15) is 0 Å². The molecule has 0 saturated heterocycles. The maximum Gasteiger partial charge on any atom is 0.274 e. The first-order valence-electron chi connectivity index (χ1n) is 7.97. The number of H-pyrrole nitrogens is 1. The van der Waals surface area contributed by atoms with Crippen LogP contribution in [0.1, 0.15) is 29.8 Å². The van der Waals surface area contributed by atoms with Gasteiger partial charge in [-0.25, -0.2) is 9.97 Å². The summed E-state index contributed by atoms with van der Waals surface area (Å²) in [4.78, 5) is 28.9. The maximum absolute atomic E-state index is 12.4. The third-order valence-electron chi connectivity index (χ3n) is 4.13. The number of nitrogens with zero attached hydrogens (tertiary/aromatic N) is 4. The van der Waals surface area contributed by atoms with Gasteiger partial charge < -0.3 is 4.98 Å². The molecular formula is C18H17N5O. The number of aryl methyl sites for hydroxylation is 2. The summed E-state index contributed by atoms with van der Waals surface area (Å²) in [6.07, 6.45) is 3.16. The molecule has 0 fully saturated rings. The summed E-state index contributed by atoms with van der Waals surface area (Å²) in [5, 5.41) is 0. The molecule has 0 aromatic carbocycles. The van der Waals surface area contributed by atoms with E-state index >= 15 is 0 Å². The Hall–Kier alpha value is -3.02. The SMILES string of the molecule is CCc1nc(C)c2c(=O)[nH]c3ccc(Cc4ccccn4)nc3n12. The number of aromatic nitrogens is 5. The van der Waals surface area contributed by atoms with Crippen molar-refractivity contribution in [1.82, 2.24) is 24.3 Å². The summed E-state index contributed by atoms with van der Waals surface area (Å²) in [6.45, 7) is 3.88. The van der Waals surface area contributed by atoms with Crippen molar-refractivity contribution in [1.29, 1.82) is 0 Å². The third kappa shape index (κ3) is 2.27. The highest BCUT2D eigenvalue weighted by molar-refractivity contribution is 5.75. The van der Waals surface area contributed by atoms with E-state index in [4.69, 9.17) is 4.98 Å². The summed E-state index contributed by atoms with van der Waals surface area (Å²) in [5.41, 5.74) is 4.48. The van der Waals surface area contributed by atoms with Gasteiger partial charge in [0, 0.05) is 30.4 Å². The third-order valence-corrected chi connectivity index (χ3v) is 4.13. The second-order valence-electron chi connectivity index (χ2n) is 5.78. The van der Waals surface area contributed by atoms with Gasteiger partial charge in [0.2, 0.25) is 0 Å². The Bertz CT molecular complexity index is 1100. The number of hydrogen-bond acceptors (Lipinski definition) is 4. The maximum atomic E-state index is 12.4. The summed E-state index contributed by atoms with van der Waals surface area (Å²) in [7, 11) is 0. The summed E-state index contributed by atoms with van der Waals surface area (Å²) >= 11 is 0. The highest BCUT2D eigenvalue weighted by atomic mass is 16.1. The van der Waals surface area contributed by atoms with Crippen LogP contribution in [-0.2, 0) is 12.8 Å². The Labute approximate surface area is 138 Å². The van der Waals surface area contributed by atoms with Crippen LogP contribution >= 0.6 is 0 Å². The van der Waals surface area contributed by atoms with Crippen molar-refractivity contribution in [3.63, 3.8) is 0 Å². The number of rotatable bonds is 3. The van der Waals surface area contributed by atoms with Gasteiger partial charge in [-0.3, -0.25) is 14.2 Å². The van der Waals surface area contributed by atoms with E-state index < -0.39 is 0 Å². The molecule has 1 N–H and O–H groups in total.